The summed E-state index contributed by atoms with van der Waals surface area (Å²) >= 11 is 0. The number of carbonyl (C=O) groups excluding carboxylic acids is 1. The number of carbonyl (C=O) groups is 1. The molecule has 0 unspecified atom stereocenters. The van der Waals surface area contributed by atoms with Gasteiger partial charge in [0.1, 0.15) is 6.61 Å². The second-order valence-corrected chi connectivity index (χ2v) is 5.77. The first kappa shape index (κ1) is 18.3. The quantitative estimate of drug-likeness (QED) is 0.703. The number of hydrogen-bond acceptors (Lipinski definition) is 4. The van der Waals surface area contributed by atoms with Gasteiger partial charge in [0, 0.05) is 14.2 Å². The first-order valence-electron chi connectivity index (χ1n) is 7.51. The summed E-state index contributed by atoms with van der Waals surface area (Å²) in [7, 11) is 3.38. The van der Waals surface area contributed by atoms with Gasteiger partial charge in [-0.25, -0.2) is 0 Å². The number of rotatable bonds is 9. The van der Waals surface area contributed by atoms with Gasteiger partial charge in [-0.2, -0.15) is 0 Å². The Morgan fingerprint density at radius 3 is 2.32 bits per heavy atom. The fraction of sp³-hybridized carbons (Fsp3) is 0.588. The second-order valence-electron chi connectivity index (χ2n) is 5.77. The molecular weight excluding hydrogens is 282 g/mol. The molecule has 5 nitrogen and oxygen atoms in total. The Morgan fingerprint density at radius 2 is 1.77 bits per heavy atom. The molecule has 1 amide bonds. The van der Waals surface area contributed by atoms with Gasteiger partial charge in [0.05, 0.1) is 25.2 Å². The van der Waals surface area contributed by atoms with Gasteiger partial charge < -0.3 is 19.1 Å². The summed E-state index contributed by atoms with van der Waals surface area (Å²) in [5.41, 5.74) is -0.535. The minimum atomic E-state index is -0.535. The molecule has 0 bridgehead atoms. The van der Waals surface area contributed by atoms with E-state index in [-0.39, 0.29) is 5.91 Å². The van der Waals surface area contributed by atoms with E-state index in [1.807, 2.05) is 45.0 Å². The number of hydrogen-bond donors (Lipinski definition) is 0. The molecule has 0 radical (unpaired) electrons. The molecule has 124 valence electrons. The Hall–Kier alpha value is -1.75. The maximum absolute atomic E-state index is 12.3. The third kappa shape index (κ3) is 5.22. The second kappa shape index (κ2) is 8.63. The zero-order valence-corrected chi connectivity index (χ0v) is 14.2. The molecule has 22 heavy (non-hydrogen) atoms. The average Bonchev–Trinajstić information content (AvgIpc) is 2.48. The van der Waals surface area contributed by atoms with Crippen molar-refractivity contribution >= 4 is 5.91 Å². The van der Waals surface area contributed by atoms with Gasteiger partial charge in [-0.05, 0) is 32.9 Å². The lowest BCUT2D eigenvalue weighted by atomic mass is 9.93. The third-order valence-electron chi connectivity index (χ3n) is 3.26. The van der Waals surface area contributed by atoms with E-state index in [2.05, 4.69) is 0 Å². The smallest absolute Gasteiger partial charge is 0.230 e. The Balaban J connectivity index is 2.52. The number of likely N-dealkylation sites (N-methyl/N-ethyl adjacent to an activating group) is 1. The van der Waals surface area contributed by atoms with E-state index in [0.29, 0.717) is 32.1 Å². The Bertz CT molecular complexity index is 473. The normalized spacial score (nSPS) is 11.1. The zero-order chi connectivity index (χ0) is 16.6. The summed E-state index contributed by atoms with van der Waals surface area (Å²) in [6.45, 7) is 7.58. The molecule has 0 aliphatic carbocycles. The minimum Gasteiger partial charge on any atom is -0.490 e. The van der Waals surface area contributed by atoms with Crippen molar-refractivity contribution in [2.24, 2.45) is 5.41 Å². The van der Waals surface area contributed by atoms with Crippen molar-refractivity contribution in [1.82, 2.24) is 4.90 Å². The number of para-hydroxylation sites is 2. The molecule has 1 rings (SSSR count). The number of nitrogens with zero attached hydrogens (tertiary/aromatic N) is 1. The van der Waals surface area contributed by atoms with Crippen LogP contribution in [0.2, 0.25) is 0 Å². The molecule has 0 N–H and O–H groups in total. The largest absolute Gasteiger partial charge is 0.490 e. The fourth-order valence-corrected chi connectivity index (χ4v) is 2.18. The third-order valence-corrected chi connectivity index (χ3v) is 3.26. The Morgan fingerprint density at radius 1 is 1.18 bits per heavy atom. The van der Waals surface area contributed by atoms with Crippen LogP contribution < -0.4 is 9.47 Å². The molecule has 0 heterocycles. The van der Waals surface area contributed by atoms with Crippen LogP contribution in [0.5, 0.6) is 11.5 Å². The van der Waals surface area contributed by atoms with E-state index in [1.165, 1.54) is 0 Å². The molecule has 0 aromatic heterocycles. The van der Waals surface area contributed by atoms with Gasteiger partial charge in [-0.1, -0.05) is 12.1 Å². The number of methoxy groups -OCH3 is 1. The summed E-state index contributed by atoms with van der Waals surface area (Å²) in [6.07, 6.45) is 0. The lowest BCUT2D eigenvalue weighted by Gasteiger charge is -2.28. The van der Waals surface area contributed by atoms with Crippen LogP contribution in [0.1, 0.15) is 20.8 Å². The summed E-state index contributed by atoms with van der Waals surface area (Å²) in [4.78, 5) is 14.0. The van der Waals surface area contributed by atoms with Crippen LogP contribution in [0, 0.1) is 5.41 Å². The van der Waals surface area contributed by atoms with Crippen molar-refractivity contribution in [1.29, 1.82) is 0 Å². The average molecular weight is 309 g/mol. The first-order valence-corrected chi connectivity index (χ1v) is 7.51. The van der Waals surface area contributed by atoms with E-state index in [0.717, 1.165) is 5.75 Å². The zero-order valence-electron chi connectivity index (χ0n) is 14.2. The van der Waals surface area contributed by atoms with Gasteiger partial charge in [0.15, 0.2) is 11.5 Å². The standard InChI is InChI=1S/C17H27NO4/c1-6-21-14-9-7-8-10-15(14)22-12-11-18(4)16(19)17(2,3)13-20-5/h7-10H,6,11-13H2,1-5H3. The molecule has 0 saturated carbocycles. The number of amides is 1. The lowest BCUT2D eigenvalue weighted by Crippen LogP contribution is -2.42. The summed E-state index contributed by atoms with van der Waals surface area (Å²) in [5, 5.41) is 0. The Labute approximate surface area is 133 Å². The Kier molecular flexibility index (Phi) is 7.18. The predicted molar refractivity (Wildman–Crippen MR) is 86.4 cm³/mol. The van der Waals surface area contributed by atoms with Crippen LogP contribution in [0.25, 0.3) is 0 Å². The molecule has 0 aliphatic heterocycles. The van der Waals surface area contributed by atoms with Gasteiger partial charge in [0.2, 0.25) is 5.91 Å². The number of ether oxygens (including phenoxy) is 3. The van der Waals surface area contributed by atoms with Crippen LogP contribution in [0.15, 0.2) is 24.3 Å². The van der Waals surface area contributed by atoms with E-state index < -0.39 is 5.41 Å². The van der Waals surface area contributed by atoms with Gasteiger partial charge >= 0.3 is 0 Å². The molecule has 0 aliphatic rings. The van der Waals surface area contributed by atoms with Crippen LogP contribution >= 0.6 is 0 Å². The lowest BCUT2D eigenvalue weighted by molar-refractivity contribution is -0.142. The van der Waals surface area contributed by atoms with Crippen molar-refractivity contribution in [3.63, 3.8) is 0 Å². The van der Waals surface area contributed by atoms with Crippen molar-refractivity contribution in [3.8, 4) is 11.5 Å². The topological polar surface area (TPSA) is 48.0 Å². The highest BCUT2D eigenvalue weighted by molar-refractivity contribution is 5.81. The molecule has 1 aromatic carbocycles. The predicted octanol–water partition coefficient (Wildman–Crippen LogP) is 2.60. The van der Waals surface area contributed by atoms with E-state index >= 15 is 0 Å². The molecule has 0 fully saturated rings. The van der Waals surface area contributed by atoms with Crippen LogP contribution in [0.4, 0.5) is 0 Å². The molecule has 0 spiro atoms. The van der Waals surface area contributed by atoms with Crippen molar-refractivity contribution in [2.45, 2.75) is 20.8 Å². The highest BCUT2D eigenvalue weighted by Gasteiger charge is 2.30. The highest BCUT2D eigenvalue weighted by Crippen LogP contribution is 2.26. The minimum absolute atomic E-state index is 0.0380. The summed E-state index contributed by atoms with van der Waals surface area (Å²) in [5.74, 6) is 1.45. The number of benzene rings is 1. The molecule has 5 heteroatoms. The van der Waals surface area contributed by atoms with Crippen molar-refractivity contribution in [2.75, 3.05) is 40.5 Å². The summed E-state index contributed by atoms with van der Waals surface area (Å²) in [6, 6.07) is 7.53. The van der Waals surface area contributed by atoms with Gasteiger partial charge in [-0.15, -0.1) is 0 Å². The molecular formula is C17H27NO4. The maximum atomic E-state index is 12.3. The monoisotopic (exact) mass is 309 g/mol. The van der Waals surface area contributed by atoms with Crippen molar-refractivity contribution < 1.29 is 19.0 Å². The van der Waals surface area contributed by atoms with Crippen LogP contribution in [0.3, 0.4) is 0 Å². The van der Waals surface area contributed by atoms with Gasteiger partial charge in [0.25, 0.3) is 0 Å². The maximum Gasteiger partial charge on any atom is 0.230 e. The van der Waals surface area contributed by atoms with Crippen LogP contribution in [-0.2, 0) is 9.53 Å². The SMILES string of the molecule is CCOc1ccccc1OCCN(C)C(=O)C(C)(C)COC. The summed E-state index contributed by atoms with van der Waals surface area (Å²) < 4.78 is 16.3. The van der Waals surface area contributed by atoms with Gasteiger partial charge in [-0.3, -0.25) is 4.79 Å². The molecule has 0 saturated heterocycles. The fourth-order valence-electron chi connectivity index (χ4n) is 2.18. The van der Waals surface area contributed by atoms with E-state index in [1.54, 1.807) is 19.1 Å². The van der Waals surface area contributed by atoms with E-state index in [4.69, 9.17) is 14.2 Å². The van der Waals surface area contributed by atoms with Crippen LogP contribution in [-0.4, -0.2) is 51.3 Å². The van der Waals surface area contributed by atoms with E-state index in [9.17, 15) is 4.79 Å². The van der Waals surface area contributed by atoms with Crippen molar-refractivity contribution in [3.05, 3.63) is 24.3 Å². The molecule has 0 atom stereocenters. The molecule has 1 aromatic rings. The highest BCUT2D eigenvalue weighted by atomic mass is 16.5. The first-order chi connectivity index (χ1) is 10.4.